The number of nitrogens with one attached hydrogen (secondary N) is 2. The smallest absolute Gasteiger partial charge is 0.266 e. The van der Waals surface area contributed by atoms with Gasteiger partial charge >= 0.3 is 0 Å². The molecule has 38 heavy (non-hydrogen) atoms. The molecule has 0 unspecified atom stereocenters. The molecular formula is C29H29F2N3O4. The second-order valence-corrected chi connectivity index (χ2v) is 8.75. The molecule has 0 bridgehead atoms. The Balaban J connectivity index is 1.49. The molecule has 0 aromatic heterocycles. The van der Waals surface area contributed by atoms with Crippen molar-refractivity contribution in [3.8, 4) is 5.75 Å². The van der Waals surface area contributed by atoms with E-state index in [1.165, 1.54) is 0 Å². The molecule has 7 nitrogen and oxygen atoms in total. The molecule has 3 N–H and O–H groups in total. The Morgan fingerprint density at radius 2 is 1.89 bits per heavy atom. The van der Waals surface area contributed by atoms with Crippen molar-refractivity contribution in [1.29, 1.82) is 0 Å². The number of benzene rings is 3. The average molecular weight is 522 g/mol. The topological polar surface area (TPSA) is 92.2 Å². The van der Waals surface area contributed by atoms with Crippen LogP contribution in [0.4, 0.5) is 8.78 Å². The Labute approximate surface area is 219 Å². The first-order valence-corrected chi connectivity index (χ1v) is 12.2. The number of hydrogen-bond acceptors (Lipinski definition) is 6. The van der Waals surface area contributed by atoms with Crippen LogP contribution in [-0.2, 0) is 16.1 Å². The normalized spacial score (nSPS) is 16.8. The van der Waals surface area contributed by atoms with Crippen LogP contribution in [0.3, 0.4) is 0 Å². The number of halogens is 2. The first kappa shape index (κ1) is 27.0. The standard InChI is InChI=1S/C29H29F2N3O4/c30-24-11-14-26(31)23(18-24)19-32-34-28(36)29(15-4-8-21-6-2-1-3-7-21)20-38-27(33-29)22-9-12-25(13-10-22)37-17-5-16-35/h1-4,6-14,18,32,35H,5,15-17,19-20H2,(H,34,36)/b8-4+/t29-/m0/s1. The van der Waals surface area contributed by atoms with Crippen LogP contribution in [0, 0.1) is 11.6 Å². The average Bonchev–Trinajstić information content (AvgIpc) is 3.37. The summed E-state index contributed by atoms with van der Waals surface area (Å²) >= 11 is 0. The Kier molecular flexibility index (Phi) is 9.18. The SMILES string of the molecule is O=C(NNCc1cc(F)ccc1F)[C@]1(C/C=C/c2ccccc2)COC(c2ccc(OCCCO)cc2)=N1. The lowest BCUT2D eigenvalue weighted by molar-refractivity contribution is -0.127. The van der Waals surface area contributed by atoms with Crippen LogP contribution in [0.15, 0.2) is 83.9 Å². The second kappa shape index (κ2) is 12.9. The number of carbonyl (C=O) groups is 1. The number of aliphatic hydroxyl groups excluding tert-OH is 1. The van der Waals surface area contributed by atoms with Gasteiger partial charge in [0.05, 0.1) is 6.61 Å². The minimum absolute atomic E-state index is 0.00193. The summed E-state index contributed by atoms with van der Waals surface area (Å²) in [6.07, 6.45) is 4.53. The highest BCUT2D eigenvalue weighted by atomic mass is 19.1. The number of aliphatic imine (C=N–C) groups is 1. The van der Waals surface area contributed by atoms with E-state index in [1.54, 1.807) is 24.3 Å². The molecule has 9 heteroatoms. The Bertz CT molecular complexity index is 1280. The summed E-state index contributed by atoms with van der Waals surface area (Å²) < 4.78 is 38.9. The van der Waals surface area contributed by atoms with Gasteiger partial charge in [0.1, 0.15) is 24.0 Å². The van der Waals surface area contributed by atoms with Crippen LogP contribution in [0.1, 0.15) is 29.5 Å². The van der Waals surface area contributed by atoms with Gasteiger partial charge in [0.25, 0.3) is 5.91 Å². The van der Waals surface area contributed by atoms with Crippen LogP contribution in [0.5, 0.6) is 5.75 Å². The van der Waals surface area contributed by atoms with Gasteiger partial charge in [-0.2, -0.15) is 0 Å². The molecule has 1 heterocycles. The van der Waals surface area contributed by atoms with E-state index >= 15 is 0 Å². The van der Waals surface area contributed by atoms with Crippen LogP contribution in [-0.4, -0.2) is 42.3 Å². The number of rotatable bonds is 12. The summed E-state index contributed by atoms with van der Waals surface area (Å²) in [5, 5.41) is 8.90. The fraction of sp³-hybridized carbons (Fsp3) is 0.241. The maximum atomic E-state index is 14.0. The lowest BCUT2D eigenvalue weighted by atomic mass is 9.95. The molecule has 198 valence electrons. The highest BCUT2D eigenvalue weighted by molar-refractivity contribution is 6.00. The molecule has 4 rings (SSSR count). The van der Waals surface area contributed by atoms with Gasteiger partial charge < -0.3 is 14.6 Å². The van der Waals surface area contributed by atoms with Crippen molar-refractivity contribution < 1.29 is 28.2 Å². The van der Waals surface area contributed by atoms with Gasteiger partial charge in [0.15, 0.2) is 5.54 Å². The number of hydrazine groups is 1. The maximum Gasteiger partial charge on any atom is 0.266 e. The van der Waals surface area contributed by atoms with Crippen molar-refractivity contribution >= 4 is 17.9 Å². The van der Waals surface area contributed by atoms with E-state index in [-0.39, 0.29) is 31.7 Å². The Morgan fingerprint density at radius 1 is 1.11 bits per heavy atom. The van der Waals surface area contributed by atoms with E-state index in [0.717, 1.165) is 23.8 Å². The number of carbonyl (C=O) groups excluding carboxylic acids is 1. The van der Waals surface area contributed by atoms with E-state index < -0.39 is 23.1 Å². The van der Waals surface area contributed by atoms with Crippen LogP contribution >= 0.6 is 0 Å². The first-order chi connectivity index (χ1) is 18.5. The number of nitrogens with zero attached hydrogens (tertiary/aromatic N) is 1. The zero-order valence-corrected chi connectivity index (χ0v) is 20.7. The minimum atomic E-state index is -1.27. The van der Waals surface area contributed by atoms with Gasteiger partial charge in [-0.05, 0) is 48.0 Å². The fourth-order valence-electron chi connectivity index (χ4n) is 3.83. The van der Waals surface area contributed by atoms with Crippen LogP contribution < -0.4 is 15.6 Å². The number of amides is 1. The molecule has 0 saturated heterocycles. The van der Waals surface area contributed by atoms with Gasteiger partial charge in [-0.1, -0.05) is 42.5 Å². The third-order valence-corrected chi connectivity index (χ3v) is 5.91. The third-order valence-electron chi connectivity index (χ3n) is 5.91. The number of hydrogen-bond donors (Lipinski definition) is 3. The Hall–Kier alpha value is -4.08. The highest BCUT2D eigenvalue weighted by Crippen LogP contribution is 2.27. The zero-order valence-electron chi connectivity index (χ0n) is 20.7. The molecule has 1 aliphatic heterocycles. The summed E-state index contributed by atoms with van der Waals surface area (Å²) in [6, 6.07) is 19.9. The highest BCUT2D eigenvalue weighted by Gasteiger charge is 2.43. The minimum Gasteiger partial charge on any atom is -0.494 e. The van der Waals surface area contributed by atoms with E-state index in [9.17, 15) is 13.6 Å². The molecule has 1 amide bonds. The third kappa shape index (κ3) is 7.02. The van der Waals surface area contributed by atoms with Gasteiger partial charge in [0.2, 0.25) is 5.90 Å². The quantitative estimate of drug-likeness (QED) is 0.246. The van der Waals surface area contributed by atoms with Crippen molar-refractivity contribution in [2.24, 2.45) is 4.99 Å². The molecule has 1 aliphatic rings. The maximum absolute atomic E-state index is 14.0. The zero-order chi connectivity index (χ0) is 26.8. The summed E-state index contributed by atoms with van der Waals surface area (Å²) in [7, 11) is 0. The van der Waals surface area contributed by atoms with E-state index in [2.05, 4.69) is 15.8 Å². The predicted octanol–water partition coefficient (Wildman–Crippen LogP) is 4.17. The van der Waals surface area contributed by atoms with Crippen molar-refractivity contribution in [1.82, 2.24) is 10.9 Å². The Morgan fingerprint density at radius 3 is 2.66 bits per heavy atom. The lowest BCUT2D eigenvalue weighted by Crippen LogP contribution is -2.51. The predicted molar refractivity (Wildman–Crippen MR) is 140 cm³/mol. The molecule has 0 fully saturated rings. The van der Waals surface area contributed by atoms with Crippen molar-refractivity contribution in [3.05, 3.63) is 107 Å². The van der Waals surface area contributed by atoms with Crippen molar-refractivity contribution in [2.75, 3.05) is 19.8 Å². The van der Waals surface area contributed by atoms with Crippen molar-refractivity contribution in [3.63, 3.8) is 0 Å². The van der Waals surface area contributed by atoms with Gasteiger partial charge in [-0.15, -0.1) is 0 Å². The monoisotopic (exact) mass is 521 g/mol. The van der Waals surface area contributed by atoms with Gasteiger partial charge in [-0.3, -0.25) is 10.2 Å². The van der Waals surface area contributed by atoms with E-state index in [0.29, 0.717) is 30.2 Å². The van der Waals surface area contributed by atoms with Gasteiger partial charge in [0, 0.05) is 37.1 Å². The summed E-state index contributed by atoms with van der Waals surface area (Å²) in [6.45, 7) is 0.340. The molecule has 0 radical (unpaired) electrons. The fourth-order valence-corrected chi connectivity index (χ4v) is 3.83. The first-order valence-electron chi connectivity index (χ1n) is 12.2. The van der Waals surface area contributed by atoms with Crippen LogP contribution in [0.25, 0.3) is 6.08 Å². The van der Waals surface area contributed by atoms with Crippen molar-refractivity contribution in [2.45, 2.75) is 24.9 Å². The van der Waals surface area contributed by atoms with Crippen LogP contribution in [0.2, 0.25) is 0 Å². The summed E-state index contributed by atoms with van der Waals surface area (Å²) in [5.74, 6) is -0.663. The molecular weight excluding hydrogens is 492 g/mol. The molecule has 1 atom stereocenters. The number of aliphatic hydroxyl groups is 1. The molecule has 0 aliphatic carbocycles. The molecule has 3 aromatic rings. The molecule has 0 spiro atoms. The summed E-state index contributed by atoms with van der Waals surface area (Å²) in [5.41, 5.74) is 5.71. The largest absolute Gasteiger partial charge is 0.494 e. The second-order valence-electron chi connectivity index (χ2n) is 8.75. The lowest BCUT2D eigenvalue weighted by Gasteiger charge is -2.22. The summed E-state index contributed by atoms with van der Waals surface area (Å²) in [4.78, 5) is 18.0. The molecule has 0 saturated carbocycles. The van der Waals surface area contributed by atoms with E-state index in [4.69, 9.17) is 14.6 Å². The molecule has 3 aromatic carbocycles. The van der Waals surface area contributed by atoms with E-state index in [1.807, 2.05) is 42.5 Å². The van der Waals surface area contributed by atoms with Gasteiger partial charge in [-0.25, -0.2) is 19.2 Å². The number of ether oxygens (including phenoxy) is 2.